The molecule has 0 aromatic heterocycles. The van der Waals surface area contributed by atoms with Crippen molar-refractivity contribution in [1.29, 1.82) is 0 Å². The lowest BCUT2D eigenvalue weighted by atomic mass is 9.65. The van der Waals surface area contributed by atoms with Gasteiger partial charge in [-0.3, -0.25) is 0 Å². The van der Waals surface area contributed by atoms with Crippen molar-refractivity contribution in [1.82, 2.24) is 17.2 Å². The summed E-state index contributed by atoms with van der Waals surface area (Å²) < 4.78 is 124. The lowest BCUT2D eigenvalue weighted by molar-refractivity contribution is -0.000598. The van der Waals surface area contributed by atoms with Gasteiger partial charge in [-0.15, -0.1) is 0 Å². The average Bonchev–Trinajstić information content (AvgIpc) is 1.51. The van der Waals surface area contributed by atoms with Crippen molar-refractivity contribution >= 4 is 66.9 Å². The number of carbonyl (C=O) groups is 2. The molecule has 0 bridgehead atoms. The van der Waals surface area contributed by atoms with Gasteiger partial charge in [-0.1, -0.05) is 96.0 Å². The third-order valence-corrected chi connectivity index (χ3v) is 33.3. The number of ether oxygens (including phenoxy) is 10. The molecule has 0 amide bonds. The third kappa shape index (κ3) is 21.7. The number of anilines is 2. The first kappa shape index (κ1) is 97.4. The third-order valence-electron chi connectivity index (χ3n) is 28.9. The Balaban J connectivity index is 0.000000202. The van der Waals surface area contributed by atoms with E-state index < -0.39 is 31.6 Å². The van der Waals surface area contributed by atoms with Crippen molar-refractivity contribution in [2.75, 3.05) is 106 Å². The van der Waals surface area contributed by atoms with E-state index in [9.17, 15) is 26.4 Å². The van der Waals surface area contributed by atoms with Crippen LogP contribution in [0.25, 0.3) is 0 Å². The Hall–Kier alpha value is -9.18. The molecule has 0 saturated heterocycles. The molecule has 132 heavy (non-hydrogen) atoms. The summed E-state index contributed by atoms with van der Waals surface area (Å²) in [6, 6.07) is 53.5. The summed E-state index contributed by atoms with van der Waals surface area (Å²) in [6.45, 7) is 20.2. The van der Waals surface area contributed by atoms with Gasteiger partial charge in [-0.05, 0) is 333 Å². The molecule has 2 saturated carbocycles. The number of benzene rings is 8. The number of halogens is 2. The topological polar surface area (TPSA) is 214 Å². The fourth-order valence-corrected chi connectivity index (χ4v) is 24.5. The summed E-state index contributed by atoms with van der Waals surface area (Å²) in [6.07, 6.45) is 16.0. The zero-order valence-electron chi connectivity index (χ0n) is 79.4. The second kappa shape index (κ2) is 40.8. The minimum Gasteiger partial charge on any atom is -0.497 e. The Morgan fingerprint density at radius 1 is 0.462 bits per heavy atom. The number of hydrogen-bond donors (Lipinski definition) is 0. The van der Waals surface area contributed by atoms with Crippen LogP contribution in [-0.2, 0) is 89.2 Å². The van der Waals surface area contributed by atoms with Gasteiger partial charge in [0.15, 0.2) is 0 Å². The quantitative estimate of drug-likeness (QED) is 0.0283. The van der Waals surface area contributed by atoms with Gasteiger partial charge >= 0.3 is 11.9 Å². The molecule has 26 heteroatoms. The fraction of sp³-hybridized carbons (Fsp3) is 0.491. The lowest BCUT2D eigenvalue weighted by Crippen LogP contribution is -2.51. The van der Waals surface area contributed by atoms with Crippen LogP contribution in [0.1, 0.15) is 185 Å². The molecule has 16 rings (SSSR count). The molecule has 708 valence electrons. The highest BCUT2D eigenvalue weighted by Gasteiger charge is 2.51. The van der Waals surface area contributed by atoms with Crippen molar-refractivity contribution < 1.29 is 73.8 Å². The van der Waals surface area contributed by atoms with Crippen molar-refractivity contribution in [3.05, 3.63) is 259 Å². The Morgan fingerprint density at radius 2 is 0.788 bits per heavy atom. The maximum Gasteiger partial charge on any atom is 0.338 e. The Morgan fingerprint density at radius 3 is 1.08 bits per heavy atom. The normalized spacial score (nSPS) is 22.5. The summed E-state index contributed by atoms with van der Waals surface area (Å²) in [4.78, 5) is 31.8. The van der Waals surface area contributed by atoms with Gasteiger partial charge in [-0.25, -0.2) is 9.59 Å². The first-order chi connectivity index (χ1) is 63.0. The van der Waals surface area contributed by atoms with Crippen molar-refractivity contribution in [3.63, 3.8) is 0 Å². The summed E-state index contributed by atoms with van der Waals surface area (Å²) in [7, 11) is 5.62. The van der Waals surface area contributed by atoms with Gasteiger partial charge in [-0.2, -0.15) is 34.1 Å². The average molecular weight is 1880 g/mol. The highest BCUT2D eigenvalue weighted by Crippen LogP contribution is 2.53. The first-order valence-electron chi connectivity index (χ1n) is 46.5. The smallest absolute Gasteiger partial charge is 0.338 e. The molecular formula is C106H132Cl2N6O16S2. The minimum atomic E-state index is -3.91. The molecule has 2 spiro atoms. The highest BCUT2D eigenvalue weighted by molar-refractivity contribution is 7.87. The highest BCUT2D eigenvalue weighted by atomic mass is 35.5. The van der Waals surface area contributed by atoms with E-state index in [1.807, 2.05) is 201 Å². The van der Waals surface area contributed by atoms with E-state index in [-0.39, 0.29) is 96.9 Å². The lowest BCUT2D eigenvalue weighted by Gasteiger charge is -2.48. The Labute approximate surface area is 792 Å². The Kier molecular flexibility index (Phi) is 30.1. The second-order valence-electron chi connectivity index (χ2n) is 39.6. The molecule has 2 aliphatic heterocycles. The van der Waals surface area contributed by atoms with E-state index in [0.717, 1.165) is 158 Å². The van der Waals surface area contributed by atoms with Crippen LogP contribution < -0.4 is 38.2 Å². The number of hydrogen-bond acceptors (Lipinski definition) is 18. The largest absolute Gasteiger partial charge is 0.497 e. The van der Waals surface area contributed by atoms with E-state index in [2.05, 4.69) is 46.2 Å². The molecule has 12 atom stereocenters. The van der Waals surface area contributed by atoms with Crippen LogP contribution in [0, 0.1) is 35.5 Å². The SMILES string of the molecule is COc1ccc(CN(Cc2ccc(OC)cc2)S(=O)(=O)N(C)[C@@H](C)C2C=C([C@@H](OC)[C@@H]3CC[C@H]3CN3C[C@@]4(CCCc5cc(Cl)ccc54)COc4ccc(C(=O)OC(C)(C)C)cc43)C2)cc1.COc1ccc(CN(Cc2ccc(OC)cc2)S(=O)(=O)N(C)[C@@H](C)C2C=C([C@H](OC)[C@@H]3CC[C@H]3CN3C[C@@]4(CCCc5cc(Cl)ccc54)COc4ccc(C(=O)OC(C)(C)C)cc43)C2)cc1. The van der Waals surface area contributed by atoms with Crippen LogP contribution in [-0.4, -0.2) is 178 Å². The monoisotopic (exact) mass is 1880 g/mol. The molecule has 22 nitrogen and oxygen atoms in total. The molecular weight excluding hydrogens is 1750 g/mol. The molecule has 8 aromatic carbocycles. The fourth-order valence-electron chi connectivity index (χ4n) is 20.9. The maximum atomic E-state index is 14.6. The number of esters is 2. The molecule has 8 aromatic rings. The predicted octanol–water partition coefficient (Wildman–Crippen LogP) is 20.1. The van der Waals surface area contributed by atoms with Crippen LogP contribution in [0.2, 0.25) is 10.0 Å². The van der Waals surface area contributed by atoms with Gasteiger partial charge < -0.3 is 57.2 Å². The molecule has 6 aliphatic carbocycles. The van der Waals surface area contributed by atoms with Crippen molar-refractivity contribution in [2.24, 2.45) is 35.5 Å². The molecule has 0 N–H and O–H groups in total. The van der Waals surface area contributed by atoms with E-state index in [0.29, 0.717) is 59.2 Å². The van der Waals surface area contributed by atoms with Crippen LogP contribution in [0.5, 0.6) is 34.5 Å². The van der Waals surface area contributed by atoms with Crippen molar-refractivity contribution in [3.8, 4) is 34.5 Å². The summed E-state index contributed by atoms with van der Waals surface area (Å²) in [5.74, 6) is 4.92. The van der Waals surface area contributed by atoms with Crippen LogP contribution in [0.4, 0.5) is 11.4 Å². The number of rotatable bonds is 32. The Bertz CT molecular complexity index is 5270. The van der Waals surface area contributed by atoms with Crippen LogP contribution in [0.15, 0.2) is 193 Å². The molecule has 2 unspecified atom stereocenters. The zero-order chi connectivity index (χ0) is 93.9. The number of aryl methyl sites for hydroxylation is 2. The molecule has 2 heterocycles. The standard InChI is InChI=1S/2C53H66ClN3O8S/c2*1-35(55(5)66(59,60)57(30-36-11-18-44(61-6)19-12-36)31-37-13-20-45(62-7)21-14-37)41-26-42(27-41)50(63-8)46-22-15-40(46)32-56-33-53(25-9-10-38-28-43(54)17-23-47(38)53)34-64-49-24-16-39(29-48(49)56)51(58)65-52(2,3)4/h2*11-14,16-21,23-24,26,28-29,35,40-41,46,50H,9-10,15,22,25,27,30-34H2,1-8H3/t35-,40-,41?,46+,50+,53-;35-,40-,41?,46+,50-,53-/m00/s1. The number of nitrogens with zero attached hydrogens (tertiary/aromatic N) is 6. The van der Waals surface area contributed by atoms with E-state index in [1.54, 1.807) is 65.4 Å². The van der Waals surface area contributed by atoms with Gasteiger partial charge in [0.25, 0.3) is 20.4 Å². The number of methoxy groups -OCH3 is 6. The van der Waals surface area contributed by atoms with Crippen LogP contribution in [0.3, 0.4) is 0 Å². The first-order valence-corrected chi connectivity index (χ1v) is 50.1. The number of carbonyl (C=O) groups excluding carboxylic acids is 2. The van der Waals surface area contributed by atoms with Gasteiger partial charge in [0.2, 0.25) is 0 Å². The van der Waals surface area contributed by atoms with Crippen LogP contribution >= 0.6 is 23.2 Å². The van der Waals surface area contributed by atoms with E-state index >= 15 is 0 Å². The summed E-state index contributed by atoms with van der Waals surface area (Å²) in [5, 5.41) is 1.49. The summed E-state index contributed by atoms with van der Waals surface area (Å²) >= 11 is 13.1. The summed E-state index contributed by atoms with van der Waals surface area (Å²) in [5.41, 5.74) is 12.1. The number of fused-ring (bicyclic) bond motifs is 6. The van der Waals surface area contributed by atoms with Gasteiger partial charge in [0.1, 0.15) is 45.7 Å². The maximum absolute atomic E-state index is 14.6. The zero-order valence-corrected chi connectivity index (χ0v) is 82.6. The van der Waals surface area contributed by atoms with Gasteiger partial charge in [0, 0.05) is 114 Å². The minimum absolute atomic E-state index is 0.0282. The van der Waals surface area contributed by atoms with Crippen molar-refractivity contribution in [2.45, 2.75) is 205 Å². The molecule has 2 fully saturated rings. The van der Waals surface area contributed by atoms with E-state index in [1.165, 1.54) is 42.0 Å². The van der Waals surface area contributed by atoms with E-state index in [4.69, 9.17) is 70.6 Å². The van der Waals surface area contributed by atoms with Gasteiger partial charge in [0.05, 0.1) is 76.4 Å². The molecule has 8 aliphatic rings. The second-order valence-corrected chi connectivity index (χ2v) is 44.4. The molecule has 0 radical (unpaired) electrons. The predicted molar refractivity (Wildman–Crippen MR) is 520 cm³/mol.